The molecule has 5 heteroatoms. The molecule has 20 heavy (non-hydrogen) atoms. The summed E-state index contributed by atoms with van der Waals surface area (Å²) in [6.07, 6.45) is 7.12. The minimum atomic E-state index is 0.518. The fourth-order valence-corrected chi connectivity index (χ4v) is 4.01. The van der Waals surface area contributed by atoms with Gasteiger partial charge in [0.1, 0.15) is 5.82 Å². The number of fused-ring (bicyclic) bond motifs is 1. The third kappa shape index (κ3) is 2.91. The zero-order valence-corrected chi connectivity index (χ0v) is 13.4. The van der Waals surface area contributed by atoms with Crippen LogP contribution in [0.4, 0.5) is 0 Å². The van der Waals surface area contributed by atoms with Crippen molar-refractivity contribution in [2.75, 3.05) is 0 Å². The fourth-order valence-electron chi connectivity index (χ4n) is 2.95. The first kappa shape index (κ1) is 14.1. The lowest BCUT2D eigenvalue weighted by Crippen LogP contribution is -2.10. The Bertz CT molecular complexity index is 588. The van der Waals surface area contributed by atoms with E-state index in [0.29, 0.717) is 5.88 Å². The Hall–Kier alpha value is -0.870. The summed E-state index contributed by atoms with van der Waals surface area (Å²) in [6.45, 7) is 3.19. The zero-order valence-electron chi connectivity index (χ0n) is 11.9. The summed E-state index contributed by atoms with van der Waals surface area (Å²) in [5, 5.41) is 3.26. The van der Waals surface area contributed by atoms with E-state index in [1.807, 2.05) is 0 Å². The van der Waals surface area contributed by atoms with E-state index >= 15 is 0 Å². The molecule has 3 nitrogen and oxygen atoms in total. The number of aromatic nitrogens is 3. The van der Waals surface area contributed by atoms with Gasteiger partial charge in [0.2, 0.25) is 0 Å². The molecule has 3 rings (SSSR count). The van der Waals surface area contributed by atoms with Crippen LogP contribution in [0, 0.1) is 6.92 Å². The second-order valence-electron chi connectivity index (χ2n) is 5.38. The number of imidazole rings is 1. The molecule has 2 heterocycles. The summed E-state index contributed by atoms with van der Waals surface area (Å²) < 4.78 is 2.42. The topological polar surface area (TPSA) is 30.7 Å². The normalized spacial score (nSPS) is 14.5. The molecule has 0 unspecified atom stereocenters. The number of thiazole rings is 1. The van der Waals surface area contributed by atoms with Crippen molar-refractivity contribution in [3.63, 3.8) is 0 Å². The van der Waals surface area contributed by atoms with Gasteiger partial charge < -0.3 is 4.57 Å². The minimum absolute atomic E-state index is 0.518. The molecule has 0 atom stereocenters. The van der Waals surface area contributed by atoms with Crippen molar-refractivity contribution < 1.29 is 0 Å². The van der Waals surface area contributed by atoms with Crippen LogP contribution in [0.15, 0.2) is 5.38 Å². The Morgan fingerprint density at radius 1 is 1.30 bits per heavy atom. The Morgan fingerprint density at radius 3 is 2.95 bits per heavy atom. The first-order valence-electron chi connectivity index (χ1n) is 7.32. The predicted octanol–water partition coefficient (Wildman–Crippen LogP) is 3.90. The number of halogens is 1. The van der Waals surface area contributed by atoms with Crippen LogP contribution in [0.3, 0.4) is 0 Å². The van der Waals surface area contributed by atoms with Crippen molar-refractivity contribution in [1.29, 1.82) is 0 Å². The molecule has 0 saturated carbocycles. The van der Waals surface area contributed by atoms with E-state index in [0.717, 1.165) is 31.5 Å². The number of rotatable bonds is 5. The van der Waals surface area contributed by atoms with E-state index in [9.17, 15) is 0 Å². The van der Waals surface area contributed by atoms with Crippen LogP contribution >= 0.6 is 22.9 Å². The number of hydrogen-bond donors (Lipinski definition) is 0. The molecule has 2 aromatic rings. The molecule has 0 aromatic carbocycles. The molecule has 0 N–H and O–H groups in total. The Balaban J connectivity index is 1.62. The quantitative estimate of drug-likeness (QED) is 0.784. The summed E-state index contributed by atoms with van der Waals surface area (Å²) >= 11 is 7.51. The molecule has 0 amide bonds. The van der Waals surface area contributed by atoms with Crippen molar-refractivity contribution >= 4 is 22.9 Å². The van der Waals surface area contributed by atoms with Crippen molar-refractivity contribution in [3.05, 3.63) is 33.3 Å². The lowest BCUT2D eigenvalue weighted by molar-refractivity contribution is 0.572. The average Bonchev–Trinajstić information content (AvgIpc) is 3.04. The molecule has 2 aromatic heterocycles. The van der Waals surface area contributed by atoms with Gasteiger partial charge in [0.15, 0.2) is 0 Å². The largest absolute Gasteiger partial charge is 0.332 e. The summed E-state index contributed by atoms with van der Waals surface area (Å²) in [7, 11) is 0. The van der Waals surface area contributed by atoms with Gasteiger partial charge in [-0.2, -0.15) is 0 Å². The fraction of sp³-hybridized carbons (Fsp3) is 0.600. The third-order valence-corrected chi connectivity index (χ3v) is 5.16. The van der Waals surface area contributed by atoms with E-state index in [2.05, 4.69) is 21.9 Å². The van der Waals surface area contributed by atoms with Crippen LogP contribution in [-0.2, 0) is 31.7 Å². The van der Waals surface area contributed by atoms with Gasteiger partial charge in [-0.3, -0.25) is 0 Å². The highest BCUT2D eigenvalue weighted by atomic mass is 35.5. The van der Waals surface area contributed by atoms with E-state index in [1.54, 1.807) is 11.3 Å². The molecule has 0 spiro atoms. The van der Waals surface area contributed by atoms with Gasteiger partial charge in [0.05, 0.1) is 22.3 Å². The lowest BCUT2D eigenvalue weighted by atomic mass is 10.0. The molecular weight excluding hydrogens is 290 g/mol. The van der Waals surface area contributed by atoms with Crippen molar-refractivity contribution in [2.24, 2.45) is 0 Å². The second kappa shape index (κ2) is 6.27. The summed E-state index contributed by atoms with van der Waals surface area (Å²) in [5.74, 6) is 1.70. The van der Waals surface area contributed by atoms with Crippen molar-refractivity contribution in [2.45, 2.75) is 57.9 Å². The summed E-state index contributed by atoms with van der Waals surface area (Å²) in [4.78, 5) is 9.25. The van der Waals surface area contributed by atoms with E-state index < -0.39 is 0 Å². The van der Waals surface area contributed by atoms with Gasteiger partial charge in [0.25, 0.3) is 0 Å². The van der Waals surface area contributed by atoms with Gasteiger partial charge in [-0.25, -0.2) is 9.97 Å². The molecule has 1 aliphatic carbocycles. The van der Waals surface area contributed by atoms with E-state index in [-0.39, 0.29) is 0 Å². The first-order valence-corrected chi connectivity index (χ1v) is 8.73. The van der Waals surface area contributed by atoms with Crippen LogP contribution < -0.4 is 0 Å². The third-order valence-electron chi connectivity index (χ3n) is 3.93. The van der Waals surface area contributed by atoms with Crippen LogP contribution in [0.25, 0.3) is 0 Å². The highest BCUT2D eigenvalue weighted by molar-refractivity contribution is 7.09. The smallest absolute Gasteiger partial charge is 0.106 e. The van der Waals surface area contributed by atoms with E-state index in [1.165, 1.54) is 41.5 Å². The molecule has 108 valence electrons. The molecule has 0 bridgehead atoms. The van der Waals surface area contributed by atoms with Crippen LogP contribution in [0.1, 0.15) is 47.2 Å². The summed E-state index contributed by atoms with van der Waals surface area (Å²) in [6, 6.07) is 0. The van der Waals surface area contributed by atoms with Crippen molar-refractivity contribution in [1.82, 2.24) is 14.5 Å². The zero-order chi connectivity index (χ0) is 13.9. The van der Waals surface area contributed by atoms with Gasteiger partial charge in [-0.15, -0.1) is 22.9 Å². The highest BCUT2D eigenvalue weighted by Crippen LogP contribution is 2.23. The lowest BCUT2D eigenvalue weighted by Gasteiger charge is -2.14. The number of alkyl halides is 1. The predicted molar refractivity (Wildman–Crippen MR) is 83.6 cm³/mol. The van der Waals surface area contributed by atoms with Crippen LogP contribution in [0.2, 0.25) is 0 Å². The minimum Gasteiger partial charge on any atom is -0.332 e. The maximum atomic E-state index is 5.79. The van der Waals surface area contributed by atoms with Crippen LogP contribution in [0.5, 0.6) is 0 Å². The Kier molecular flexibility index (Phi) is 4.41. The van der Waals surface area contributed by atoms with E-state index in [4.69, 9.17) is 16.6 Å². The SMILES string of the molecule is Cc1nc2c(n1CCCc1nc(CCl)cs1)CCCC2. The number of nitrogens with zero attached hydrogens (tertiary/aromatic N) is 3. The standard InChI is InChI=1S/C15H20ClN3S/c1-11-17-13-5-2-3-6-14(13)19(11)8-4-7-15-18-12(9-16)10-20-15/h10H,2-9H2,1H3. The molecule has 0 aliphatic heterocycles. The molecule has 1 aliphatic rings. The average molecular weight is 310 g/mol. The second-order valence-corrected chi connectivity index (χ2v) is 6.59. The molecule has 0 fully saturated rings. The maximum absolute atomic E-state index is 5.79. The van der Waals surface area contributed by atoms with Crippen LogP contribution in [-0.4, -0.2) is 14.5 Å². The molecule has 0 radical (unpaired) electrons. The van der Waals surface area contributed by atoms with Gasteiger partial charge in [-0.05, 0) is 39.0 Å². The monoisotopic (exact) mass is 309 g/mol. The van der Waals surface area contributed by atoms with Gasteiger partial charge >= 0.3 is 0 Å². The number of aryl methyl sites for hydroxylation is 3. The molecule has 0 saturated heterocycles. The first-order chi connectivity index (χ1) is 9.78. The van der Waals surface area contributed by atoms with Crippen molar-refractivity contribution in [3.8, 4) is 0 Å². The highest BCUT2D eigenvalue weighted by Gasteiger charge is 2.17. The Labute approximate surface area is 129 Å². The van der Waals surface area contributed by atoms with Gasteiger partial charge in [0, 0.05) is 24.0 Å². The van der Waals surface area contributed by atoms with Gasteiger partial charge in [-0.1, -0.05) is 0 Å². The number of hydrogen-bond acceptors (Lipinski definition) is 3. The maximum Gasteiger partial charge on any atom is 0.106 e. The summed E-state index contributed by atoms with van der Waals surface area (Å²) in [5.41, 5.74) is 3.82. The Morgan fingerprint density at radius 2 is 2.15 bits per heavy atom. The molecular formula is C15H20ClN3S.